The first-order valence-electron chi connectivity index (χ1n) is 17.3. The molecule has 2 aliphatic heterocycles. The number of pyridine rings is 1. The fourth-order valence-electron chi connectivity index (χ4n) is 7.34. The number of anilines is 1. The van der Waals surface area contributed by atoms with Crippen LogP contribution in [-0.2, 0) is 20.8 Å². The van der Waals surface area contributed by atoms with Crippen LogP contribution in [0.2, 0.25) is 0 Å². The van der Waals surface area contributed by atoms with Gasteiger partial charge in [0.15, 0.2) is 0 Å². The second-order valence-corrected chi connectivity index (χ2v) is 13.5. The average Bonchev–Trinajstić information content (AvgIpc) is 3.82. The van der Waals surface area contributed by atoms with Gasteiger partial charge in [-0.3, -0.25) is 9.59 Å². The van der Waals surface area contributed by atoms with Gasteiger partial charge in [0.25, 0.3) is 0 Å². The summed E-state index contributed by atoms with van der Waals surface area (Å²) in [5.74, 6) is -0.349. The van der Waals surface area contributed by atoms with E-state index in [1.807, 2.05) is 41.8 Å². The number of amides is 1. The quantitative estimate of drug-likeness (QED) is 0.145. The molecule has 0 bridgehead atoms. The lowest BCUT2D eigenvalue weighted by atomic mass is 9.93. The molecule has 0 radical (unpaired) electrons. The first-order valence-corrected chi connectivity index (χ1v) is 17.3. The van der Waals surface area contributed by atoms with Crippen LogP contribution in [0.4, 0.5) is 5.69 Å². The third kappa shape index (κ3) is 8.13. The molecule has 254 valence electrons. The summed E-state index contributed by atoms with van der Waals surface area (Å²) in [5, 5.41) is 15.9. The molecule has 48 heavy (non-hydrogen) atoms. The lowest BCUT2D eigenvalue weighted by Gasteiger charge is -2.37. The Morgan fingerprint density at radius 3 is 2.60 bits per heavy atom. The number of nitrogens with one attached hydrogen (secondary N) is 1. The fraction of sp³-hybridized carbons (Fsp3) is 0.486. The minimum atomic E-state index is -0.804. The number of hydrogen-bond acceptors (Lipinski definition) is 7. The maximum Gasteiger partial charge on any atom is 0.304 e. The molecular formula is C37H47N7O4. The van der Waals surface area contributed by atoms with Gasteiger partial charge < -0.3 is 29.6 Å². The van der Waals surface area contributed by atoms with Crippen LogP contribution in [-0.4, -0.2) is 98.6 Å². The molecule has 2 atom stereocenters. The number of unbranched alkanes of at least 4 members (excludes halogenated alkanes) is 1. The van der Waals surface area contributed by atoms with Crippen LogP contribution in [0, 0.1) is 19.8 Å². The van der Waals surface area contributed by atoms with Gasteiger partial charge in [-0.2, -0.15) is 5.10 Å². The van der Waals surface area contributed by atoms with Gasteiger partial charge in [-0.1, -0.05) is 0 Å². The average molecular weight is 654 g/mol. The maximum atomic E-state index is 12.7. The number of carbonyl (C=O) groups excluding carboxylic acids is 2. The van der Waals surface area contributed by atoms with Gasteiger partial charge in [0.05, 0.1) is 17.8 Å². The molecule has 1 amide bonds. The van der Waals surface area contributed by atoms with Crippen molar-refractivity contribution in [2.75, 3.05) is 50.7 Å². The van der Waals surface area contributed by atoms with E-state index in [1.165, 1.54) is 0 Å². The molecule has 2 unspecified atom stereocenters. The first-order chi connectivity index (χ1) is 23.2. The summed E-state index contributed by atoms with van der Waals surface area (Å²) < 4.78 is 1.94. The second kappa shape index (κ2) is 15.1. The number of fused-ring (bicyclic) bond motifs is 1. The molecule has 11 nitrogen and oxygen atoms in total. The third-order valence-corrected chi connectivity index (χ3v) is 9.91. The zero-order valence-electron chi connectivity index (χ0n) is 28.1. The van der Waals surface area contributed by atoms with E-state index in [0.717, 1.165) is 83.7 Å². The van der Waals surface area contributed by atoms with Crippen molar-refractivity contribution in [1.82, 2.24) is 29.5 Å². The fourth-order valence-corrected chi connectivity index (χ4v) is 7.34. The van der Waals surface area contributed by atoms with E-state index in [2.05, 4.69) is 45.1 Å². The molecule has 4 aromatic rings. The lowest BCUT2D eigenvalue weighted by molar-refractivity contribution is -0.137. The van der Waals surface area contributed by atoms with E-state index in [9.17, 15) is 19.5 Å². The monoisotopic (exact) mass is 653 g/mol. The Morgan fingerprint density at radius 1 is 1.04 bits per heavy atom. The number of nitrogens with zero attached hydrogens (tertiary/aromatic N) is 6. The van der Waals surface area contributed by atoms with Crippen LogP contribution in [0.3, 0.4) is 0 Å². The number of rotatable bonds is 14. The molecule has 11 heteroatoms. The summed E-state index contributed by atoms with van der Waals surface area (Å²) in [6, 6.07) is 14.7. The number of likely N-dealkylation sites (tertiary alicyclic amines) is 1. The standard InChI is InChI=1S/C37H47N7O4/c1-26-19-27(2)44(40-26)34-21-30(20-33(23-34)42-14-16-43(17-15-42)35(46)5-3-4-18-45)31(22-36(47)48)25-41-13-11-28(24-41)6-8-32-9-7-29-10-12-38-37(29)39-32/h7,9-10,12,18-21,23,28,31H,3-6,8,11,13-17,22,24-25H2,1-2H3,(H,38,39)(H,47,48). The molecule has 2 fully saturated rings. The number of benzene rings is 1. The van der Waals surface area contributed by atoms with Crippen LogP contribution in [0.5, 0.6) is 0 Å². The molecule has 5 heterocycles. The molecule has 6 rings (SSSR count). The number of aldehydes is 1. The highest BCUT2D eigenvalue weighted by Crippen LogP contribution is 2.32. The number of aryl methyl sites for hydroxylation is 3. The lowest BCUT2D eigenvalue weighted by Crippen LogP contribution is -2.48. The number of aromatic amines is 1. The molecule has 3 aromatic heterocycles. The minimum absolute atomic E-state index is 0.0460. The topological polar surface area (TPSA) is 128 Å². The van der Waals surface area contributed by atoms with Gasteiger partial charge in [-0.25, -0.2) is 9.67 Å². The Hall–Kier alpha value is -4.51. The number of aliphatic carboxylic acids is 1. The normalized spacial score (nSPS) is 17.7. The van der Waals surface area contributed by atoms with Crippen molar-refractivity contribution in [3.8, 4) is 5.69 Å². The Labute approximate surface area is 281 Å². The largest absolute Gasteiger partial charge is 0.481 e. The molecule has 2 aliphatic rings. The number of carboxylic acid groups (broad SMARTS) is 1. The minimum Gasteiger partial charge on any atom is -0.481 e. The van der Waals surface area contributed by atoms with Crippen LogP contribution in [0.1, 0.15) is 67.1 Å². The predicted molar refractivity (Wildman–Crippen MR) is 186 cm³/mol. The summed E-state index contributed by atoms with van der Waals surface area (Å²) in [7, 11) is 0. The molecule has 2 saturated heterocycles. The van der Waals surface area contributed by atoms with E-state index >= 15 is 0 Å². The smallest absolute Gasteiger partial charge is 0.304 e. The number of aromatic nitrogens is 4. The number of carboxylic acids is 1. The van der Waals surface area contributed by atoms with Crippen molar-refractivity contribution in [3.63, 3.8) is 0 Å². The van der Waals surface area contributed by atoms with Gasteiger partial charge >= 0.3 is 5.97 Å². The summed E-state index contributed by atoms with van der Waals surface area (Å²) in [6.07, 6.45) is 7.30. The molecule has 0 spiro atoms. The summed E-state index contributed by atoms with van der Waals surface area (Å²) in [4.78, 5) is 50.2. The number of H-pyrrole nitrogens is 1. The van der Waals surface area contributed by atoms with E-state index in [1.54, 1.807) is 0 Å². The zero-order chi connectivity index (χ0) is 33.6. The molecule has 1 aromatic carbocycles. The Kier molecular flexibility index (Phi) is 10.5. The van der Waals surface area contributed by atoms with Crippen molar-refractivity contribution < 1.29 is 19.5 Å². The maximum absolute atomic E-state index is 12.7. The summed E-state index contributed by atoms with van der Waals surface area (Å²) in [5.41, 5.74) is 6.91. The van der Waals surface area contributed by atoms with Crippen molar-refractivity contribution in [1.29, 1.82) is 0 Å². The van der Waals surface area contributed by atoms with Crippen LogP contribution in [0.25, 0.3) is 16.7 Å². The van der Waals surface area contributed by atoms with Crippen LogP contribution in [0.15, 0.2) is 48.7 Å². The van der Waals surface area contributed by atoms with Crippen molar-refractivity contribution in [2.24, 2.45) is 5.92 Å². The van der Waals surface area contributed by atoms with Gasteiger partial charge in [-0.05, 0) is 100 Å². The van der Waals surface area contributed by atoms with Crippen molar-refractivity contribution in [3.05, 3.63) is 71.3 Å². The number of hydrogen-bond donors (Lipinski definition) is 2. The van der Waals surface area contributed by atoms with E-state index < -0.39 is 5.97 Å². The Balaban J connectivity index is 1.17. The van der Waals surface area contributed by atoms with Crippen LogP contribution < -0.4 is 4.90 Å². The van der Waals surface area contributed by atoms with E-state index in [-0.39, 0.29) is 18.2 Å². The molecule has 2 N–H and O–H groups in total. The molecular weight excluding hydrogens is 606 g/mol. The van der Waals surface area contributed by atoms with Gasteiger partial charge in [0.2, 0.25) is 5.91 Å². The third-order valence-electron chi connectivity index (χ3n) is 9.91. The highest BCUT2D eigenvalue weighted by atomic mass is 16.4. The Morgan fingerprint density at radius 2 is 1.85 bits per heavy atom. The predicted octanol–water partition coefficient (Wildman–Crippen LogP) is 4.90. The van der Waals surface area contributed by atoms with Crippen molar-refractivity contribution in [2.45, 2.75) is 64.7 Å². The molecule has 0 aliphatic carbocycles. The van der Waals surface area contributed by atoms with Crippen molar-refractivity contribution >= 4 is 34.9 Å². The van der Waals surface area contributed by atoms with Gasteiger partial charge in [0.1, 0.15) is 11.9 Å². The number of carbonyl (C=O) groups is 3. The highest BCUT2D eigenvalue weighted by Gasteiger charge is 2.28. The number of piperazine rings is 1. The van der Waals surface area contributed by atoms with Crippen LogP contribution >= 0.6 is 0 Å². The second-order valence-electron chi connectivity index (χ2n) is 13.5. The zero-order valence-corrected chi connectivity index (χ0v) is 28.1. The highest BCUT2D eigenvalue weighted by molar-refractivity contribution is 5.77. The van der Waals surface area contributed by atoms with E-state index in [0.29, 0.717) is 57.9 Å². The van der Waals surface area contributed by atoms with Gasteiger partial charge in [0, 0.05) is 86.7 Å². The SMILES string of the molecule is Cc1cc(C)n(-c2cc(C(CC(=O)O)CN3CCC(CCc4ccc5cc[nH]c5n4)C3)cc(N3CCN(C(=O)CCCC=O)CC3)c2)n1. The van der Waals surface area contributed by atoms with Gasteiger partial charge in [-0.15, -0.1) is 0 Å². The molecule has 0 saturated carbocycles. The summed E-state index contributed by atoms with van der Waals surface area (Å²) >= 11 is 0. The summed E-state index contributed by atoms with van der Waals surface area (Å²) in [6.45, 7) is 9.19. The van der Waals surface area contributed by atoms with E-state index in [4.69, 9.17) is 10.1 Å². The Bertz CT molecular complexity index is 1740. The first kappa shape index (κ1) is 33.4.